The Morgan fingerprint density at radius 1 is 1.43 bits per heavy atom. The zero-order chi connectivity index (χ0) is 15.2. The molecule has 1 aliphatic heterocycles. The highest BCUT2D eigenvalue weighted by Crippen LogP contribution is 2.20. The van der Waals surface area contributed by atoms with Gasteiger partial charge in [-0.25, -0.2) is 9.59 Å². The molecule has 0 aliphatic carbocycles. The van der Waals surface area contributed by atoms with E-state index in [2.05, 4.69) is 10.6 Å². The third kappa shape index (κ3) is 4.61. The molecule has 2 rings (SSSR count). The van der Waals surface area contributed by atoms with Crippen molar-refractivity contribution in [1.29, 1.82) is 0 Å². The van der Waals surface area contributed by atoms with Crippen molar-refractivity contribution < 1.29 is 19.4 Å². The van der Waals surface area contributed by atoms with Crippen LogP contribution in [0.3, 0.4) is 0 Å². The second kappa shape index (κ2) is 7.28. The van der Waals surface area contributed by atoms with Gasteiger partial charge in [-0.15, -0.1) is 0 Å². The molecule has 0 radical (unpaired) electrons. The Morgan fingerprint density at radius 3 is 2.90 bits per heavy atom. The quantitative estimate of drug-likeness (QED) is 0.780. The Hall–Kier alpha value is -1.79. The number of carbonyl (C=O) groups is 2. The van der Waals surface area contributed by atoms with E-state index in [1.807, 2.05) is 0 Å². The summed E-state index contributed by atoms with van der Waals surface area (Å²) >= 11 is 5.75. The van der Waals surface area contributed by atoms with Crippen LogP contribution in [0.25, 0.3) is 0 Å². The molecule has 7 heteroatoms. The van der Waals surface area contributed by atoms with E-state index in [-0.39, 0.29) is 17.4 Å². The topological polar surface area (TPSA) is 87.7 Å². The number of carboxylic acids is 1. The third-order valence-corrected chi connectivity index (χ3v) is 3.47. The van der Waals surface area contributed by atoms with Gasteiger partial charge in [0.1, 0.15) is 0 Å². The highest BCUT2D eigenvalue weighted by atomic mass is 35.5. The molecule has 1 aromatic rings. The lowest BCUT2D eigenvalue weighted by Crippen LogP contribution is -2.31. The van der Waals surface area contributed by atoms with Crippen LogP contribution in [0.5, 0.6) is 0 Å². The van der Waals surface area contributed by atoms with Crippen molar-refractivity contribution in [2.75, 3.05) is 18.5 Å². The molecule has 1 unspecified atom stereocenters. The smallest absolute Gasteiger partial charge is 0.337 e. The molecule has 6 nitrogen and oxygen atoms in total. The van der Waals surface area contributed by atoms with Gasteiger partial charge in [0, 0.05) is 18.2 Å². The van der Waals surface area contributed by atoms with E-state index < -0.39 is 12.0 Å². The van der Waals surface area contributed by atoms with Crippen molar-refractivity contribution in [2.24, 2.45) is 0 Å². The van der Waals surface area contributed by atoms with Crippen molar-refractivity contribution in [2.45, 2.75) is 25.4 Å². The van der Waals surface area contributed by atoms with E-state index in [0.29, 0.717) is 11.6 Å². The Bertz CT molecular complexity index is 530. The lowest BCUT2D eigenvalue weighted by molar-refractivity contribution is 0.0698. The first-order valence-corrected chi connectivity index (χ1v) is 7.13. The summed E-state index contributed by atoms with van der Waals surface area (Å²) in [6.07, 6.45) is 3.03. The van der Waals surface area contributed by atoms with Crippen molar-refractivity contribution in [3.05, 3.63) is 28.8 Å². The predicted octanol–water partition coefficient (Wildman–Crippen LogP) is 2.73. The largest absolute Gasteiger partial charge is 0.478 e. The molecule has 0 spiro atoms. The minimum absolute atomic E-state index is 0.0447. The Balaban J connectivity index is 1.85. The number of hydrogen-bond acceptors (Lipinski definition) is 3. The van der Waals surface area contributed by atoms with Gasteiger partial charge in [-0.05, 0) is 37.5 Å². The van der Waals surface area contributed by atoms with Crippen LogP contribution in [-0.4, -0.2) is 36.4 Å². The molecule has 21 heavy (non-hydrogen) atoms. The van der Waals surface area contributed by atoms with Crippen LogP contribution in [0.1, 0.15) is 29.6 Å². The van der Waals surface area contributed by atoms with Crippen LogP contribution in [0.15, 0.2) is 18.2 Å². The highest BCUT2D eigenvalue weighted by Gasteiger charge is 2.16. The standard InChI is InChI=1S/C14H17ClN2O4/c15-9-3-4-12(11(8-9)13(18)19)17-14(20)16-6-5-10-2-1-7-21-10/h3-4,8,10H,1-2,5-7H2,(H,18,19)(H2,16,17,20). The van der Waals surface area contributed by atoms with Crippen LogP contribution in [0.2, 0.25) is 5.02 Å². The summed E-state index contributed by atoms with van der Waals surface area (Å²) in [6.45, 7) is 1.26. The second-order valence-corrected chi connectivity index (χ2v) is 5.24. The molecular weight excluding hydrogens is 296 g/mol. The highest BCUT2D eigenvalue weighted by molar-refractivity contribution is 6.31. The Kier molecular flexibility index (Phi) is 5.41. The monoisotopic (exact) mass is 312 g/mol. The van der Waals surface area contributed by atoms with Gasteiger partial charge in [0.15, 0.2) is 0 Å². The summed E-state index contributed by atoms with van der Waals surface area (Å²) in [6, 6.07) is 3.84. The van der Waals surface area contributed by atoms with Gasteiger partial charge in [-0.2, -0.15) is 0 Å². The maximum absolute atomic E-state index is 11.8. The van der Waals surface area contributed by atoms with Crippen LogP contribution >= 0.6 is 11.6 Å². The minimum Gasteiger partial charge on any atom is -0.478 e. The third-order valence-electron chi connectivity index (χ3n) is 3.24. The van der Waals surface area contributed by atoms with Gasteiger partial charge in [0.05, 0.1) is 17.4 Å². The summed E-state index contributed by atoms with van der Waals surface area (Å²) in [4.78, 5) is 22.9. The van der Waals surface area contributed by atoms with E-state index in [4.69, 9.17) is 21.4 Å². The van der Waals surface area contributed by atoms with Crippen LogP contribution in [0.4, 0.5) is 10.5 Å². The van der Waals surface area contributed by atoms with Gasteiger partial charge >= 0.3 is 12.0 Å². The average molecular weight is 313 g/mol. The number of benzene rings is 1. The predicted molar refractivity (Wildman–Crippen MR) is 79.0 cm³/mol. The van der Waals surface area contributed by atoms with E-state index in [9.17, 15) is 9.59 Å². The normalized spacial score (nSPS) is 17.5. The summed E-state index contributed by atoms with van der Waals surface area (Å²) < 4.78 is 5.45. The fourth-order valence-electron chi connectivity index (χ4n) is 2.19. The molecule has 2 amide bonds. The Morgan fingerprint density at radius 2 is 2.24 bits per heavy atom. The number of carbonyl (C=O) groups excluding carboxylic acids is 1. The fraction of sp³-hybridized carbons (Fsp3) is 0.429. The zero-order valence-electron chi connectivity index (χ0n) is 11.4. The number of carboxylic acid groups (broad SMARTS) is 1. The van der Waals surface area contributed by atoms with Crippen molar-refractivity contribution in [3.63, 3.8) is 0 Å². The first kappa shape index (κ1) is 15.6. The average Bonchev–Trinajstić information content (AvgIpc) is 2.94. The van der Waals surface area contributed by atoms with Crippen LogP contribution in [-0.2, 0) is 4.74 Å². The van der Waals surface area contributed by atoms with E-state index in [1.54, 1.807) is 0 Å². The molecule has 1 atom stereocenters. The molecule has 0 saturated carbocycles. The summed E-state index contributed by atoms with van der Waals surface area (Å²) in [5.74, 6) is -1.15. The van der Waals surface area contributed by atoms with Gasteiger partial charge in [0.25, 0.3) is 0 Å². The maximum Gasteiger partial charge on any atom is 0.337 e. The molecule has 1 aromatic carbocycles. The number of hydrogen-bond donors (Lipinski definition) is 3. The number of nitrogens with one attached hydrogen (secondary N) is 2. The molecule has 0 aromatic heterocycles. The van der Waals surface area contributed by atoms with Crippen LogP contribution in [0, 0.1) is 0 Å². The van der Waals surface area contributed by atoms with Gasteiger partial charge < -0.3 is 20.5 Å². The minimum atomic E-state index is -1.15. The fourth-order valence-corrected chi connectivity index (χ4v) is 2.36. The van der Waals surface area contributed by atoms with Crippen LogP contribution < -0.4 is 10.6 Å². The number of halogens is 1. The summed E-state index contributed by atoms with van der Waals surface area (Å²) in [5, 5.41) is 14.6. The number of anilines is 1. The molecule has 1 heterocycles. The molecule has 0 bridgehead atoms. The zero-order valence-corrected chi connectivity index (χ0v) is 12.2. The molecule has 3 N–H and O–H groups in total. The number of rotatable bonds is 5. The molecular formula is C14H17ClN2O4. The molecule has 1 aliphatic rings. The van der Waals surface area contributed by atoms with E-state index in [0.717, 1.165) is 25.9 Å². The number of urea groups is 1. The molecule has 1 saturated heterocycles. The van der Waals surface area contributed by atoms with Crippen molar-refractivity contribution in [1.82, 2.24) is 5.32 Å². The Labute approximate surface area is 127 Å². The number of aromatic carboxylic acids is 1. The molecule has 114 valence electrons. The van der Waals surface area contributed by atoms with Crippen molar-refractivity contribution >= 4 is 29.3 Å². The first-order chi connectivity index (χ1) is 10.1. The number of amides is 2. The van der Waals surface area contributed by atoms with Crippen molar-refractivity contribution in [3.8, 4) is 0 Å². The van der Waals surface area contributed by atoms with Gasteiger partial charge in [0.2, 0.25) is 0 Å². The van der Waals surface area contributed by atoms with Gasteiger partial charge in [-0.3, -0.25) is 0 Å². The summed E-state index contributed by atoms with van der Waals surface area (Å²) in [5.41, 5.74) is 0.165. The lowest BCUT2D eigenvalue weighted by atomic mass is 10.2. The molecule has 1 fully saturated rings. The van der Waals surface area contributed by atoms with E-state index >= 15 is 0 Å². The second-order valence-electron chi connectivity index (χ2n) is 4.80. The maximum atomic E-state index is 11.8. The lowest BCUT2D eigenvalue weighted by Gasteiger charge is -2.12. The van der Waals surface area contributed by atoms with E-state index in [1.165, 1.54) is 18.2 Å². The SMILES string of the molecule is O=C(NCCC1CCCO1)Nc1ccc(Cl)cc1C(=O)O. The summed E-state index contributed by atoms with van der Waals surface area (Å²) in [7, 11) is 0. The van der Waals surface area contributed by atoms with Gasteiger partial charge in [-0.1, -0.05) is 11.6 Å². The first-order valence-electron chi connectivity index (χ1n) is 6.75. The number of ether oxygens (including phenoxy) is 1.